The van der Waals surface area contributed by atoms with Crippen molar-refractivity contribution in [2.24, 2.45) is 23.7 Å². The molecule has 0 amide bonds. The number of aliphatic hydroxyl groups is 1. The molecule has 3 N–H and O–H groups in total. The Labute approximate surface area is 658 Å². The molecule has 0 heterocycles. The van der Waals surface area contributed by atoms with E-state index in [9.17, 15) is 43.2 Å². The zero-order chi connectivity index (χ0) is 78.8. The number of hydrogen-bond acceptors (Lipinski definition) is 15. The molecule has 19 heteroatoms. The lowest BCUT2D eigenvalue weighted by molar-refractivity contribution is -0.161. The minimum Gasteiger partial charge on any atom is -0.462 e. The molecule has 0 bridgehead atoms. The minimum atomic E-state index is -4.97. The third-order valence-electron chi connectivity index (χ3n) is 20.9. The van der Waals surface area contributed by atoms with Crippen LogP contribution < -0.4 is 0 Å². The van der Waals surface area contributed by atoms with Crippen molar-refractivity contribution < 1.29 is 80.2 Å². The molecule has 0 fully saturated rings. The van der Waals surface area contributed by atoms with E-state index in [1.807, 2.05) is 0 Å². The van der Waals surface area contributed by atoms with Crippen LogP contribution in [0.2, 0.25) is 0 Å². The second-order valence-corrected chi connectivity index (χ2v) is 36.2. The van der Waals surface area contributed by atoms with E-state index in [0.29, 0.717) is 25.7 Å². The van der Waals surface area contributed by atoms with E-state index in [2.05, 4.69) is 55.4 Å². The zero-order valence-electron chi connectivity index (χ0n) is 70.8. The van der Waals surface area contributed by atoms with Gasteiger partial charge in [0.15, 0.2) is 12.2 Å². The highest BCUT2D eigenvalue weighted by atomic mass is 31.2. The summed E-state index contributed by atoms with van der Waals surface area (Å²) in [4.78, 5) is 73.3. The SMILES string of the molecule is CCC(C)CCCCCCCCCCCCCCCCC(=O)O[C@H](COC(=O)CCCCCCCCCCC(C)C)COP(=O)(O)OC[C@H](O)COP(=O)(O)OC[C@@H](COC(=O)CCCCCCCCCCCCCCCCCCC(C)C)OC(=O)CCCCCCCCCCCCCCCCCCC(C)C. The van der Waals surface area contributed by atoms with E-state index < -0.39 is 97.5 Å². The van der Waals surface area contributed by atoms with Crippen LogP contribution in [-0.2, 0) is 65.4 Å². The van der Waals surface area contributed by atoms with Gasteiger partial charge in [-0.3, -0.25) is 37.3 Å². The van der Waals surface area contributed by atoms with Crippen molar-refractivity contribution in [1.82, 2.24) is 0 Å². The molecule has 0 rings (SSSR count). The van der Waals surface area contributed by atoms with E-state index >= 15 is 0 Å². The highest BCUT2D eigenvalue weighted by molar-refractivity contribution is 7.47. The Morgan fingerprint density at radius 1 is 0.262 bits per heavy atom. The predicted octanol–water partition coefficient (Wildman–Crippen LogP) is 26.7. The van der Waals surface area contributed by atoms with E-state index in [1.165, 1.54) is 263 Å². The minimum absolute atomic E-state index is 0.107. The average Bonchev–Trinajstić information content (AvgIpc) is 0.902. The fourth-order valence-corrected chi connectivity index (χ4v) is 15.2. The molecular weight excluding hydrogens is 1390 g/mol. The van der Waals surface area contributed by atoms with Gasteiger partial charge in [0.25, 0.3) is 0 Å². The van der Waals surface area contributed by atoms with Crippen LogP contribution in [0.4, 0.5) is 0 Å². The van der Waals surface area contributed by atoms with Gasteiger partial charge >= 0.3 is 39.5 Å². The van der Waals surface area contributed by atoms with E-state index in [0.717, 1.165) is 114 Å². The number of ether oxygens (including phenoxy) is 4. The molecule has 6 atom stereocenters. The quantitative estimate of drug-likeness (QED) is 0.0222. The number of carbonyl (C=O) groups is 4. The Hall–Kier alpha value is -1.94. The van der Waals surface area contributed by atoms with Crippen LogP contribution in [0.1, 0.15) is 460 Å². The topological polar surface area (TPSA) is 237 Å². The van der Waals surface area contributed by atoms with Crippen LogP contribution in [-0.4, -0.2) is 96.7 Å². The lowest BCUT2D eigenvalue weighted by Gasteiger charge is -2.21. The molecule has 0 aliphatic carbocycles. The standard InChI is InChI=1S/C88H172O17P2/c1-9-81(8)67-59-51-43-34-28-22-18-19-25-31-37-47-55-63-71-88(93)105-84(75-99-86(91)69-61-53-45-39-38-42-50-58-66-80(6)7)77-103-107(96,97)101-73-82(89)72-100-106(94,95)102-76-83(104-87(92)70-62-54-46-36-30-24-17-13-11-15-21-27-33-41-49-57-65-79(4)5)74-98-85(90)68-60-52-44-35-29-23-16-12-10-14-20-26-32-40-48-56-64-78(2)3/h78-84,89H,9-77H2,1-8H3,(H,94,95)(H,96,97)/t81?,82-,83-,84-/m1/s1. The molecule has 0 aromatic carbocycles. The molecule has 636 valence electrons. The van der Waals surface area contributed by atoms with Gasteiger partial charge in [0, 0.05) is 25.7 Å². The maximum absolute atomic E-state index is 13.2. The Balaban J connectivity index is 5.25. The summed E-state index contributed by atoms with van der Waals surface area (Å²) >= 11 is 0. The number of phosphoric ester groups is 2. The van der Waals surface area contributed by atoms with Crippen molar-refractivity contribution in [1.29, 1.82) is 0 Å². The first-order valence-corrected chi connectivity index (χ1v) is 48.2. The third-order valence-corrected chi connectivity index (χ3v) is 22.8. The van der Waals surface area contributed by atoms with Crippen LogP contribution in [0.15, 0.2) is 0 Å². The van der Waals surface area contributed by atoms with Gasteiger partial charge < -0.3 is 33.8 Å². The van der Waals surface area contributed by atoms with Crippen molar-refractivity contribution in [3.8, 4) is 0 Å². The molecular formula is C88H172O17P2. The van der Waals surface area contributed by atoms with Crippen LogP contribution >= 0.6 is 15.6 Å². The lowest BCUT2D eigenvalue weighted by atomic mass is 9.99. The van der Waals surface area contributed by atoms with E-state index in [-0.39, 0.29) is 25.7 Å². The average molecular weight is 1560 g/mol. The summed E-state index contributed by atoms with van der Waals surface area (Å²) in [6.45, 7) is 14.4. The second-order valence-electron chi connectivity index (χ2n) is 33.3. The molecule has 17 nitrogen and oxygen atoms in total. The van der Waals surface area contributed by atoms with Crippen molar-refractivity contribution in [2.45, 2.75) is 478 Å². The van der Waals surface area contributed by atoms with Crippen LogP contribution in [0, 0.1) is 23.7 Å². The zero-order valence-corrected chi connectivity index (χ0v) is 72.6. The monoisotopic (exact) mass is 1560 g/mol. The Morgan fingerprint density at radius 3 is 0.664 bits per heavy atom. The van der Waals surface area contributed by atoms with Gasteiger partial charge in [-0.05, 0) is 49.4 Å². The van der Waals surface area contributed by atoms with Gasteiger partial charge in [-0.2, -0.15) is 0 Å². The van der Waals surface area contributed by atoms with Crippen LogP contribution in [0.25, 0.3) is 0 Å². The van der Waals surface area contributed by atoms with Crippen LogP contribution in [0.3, 0.4) is 0 Å². The van der Waals surface area contributed by atoms with Gasteiger partial charge in [0.1, 0.15) is 19.3 Å². The largest absolute Gasteiger partial charge is 0.472 e. The second kappa shape index (κ2) is 76.7. The summed E-state index contributed by atoms with van der Waals surface area (Å²) in [6, 6.07) is 0. The summed E-state index contributed by atoms with van der Waals surface area (Å²) < 4.78 is 69.0. The van der Waals surface area contributed by atoms with Crippen molar-refractivity contribution in [3.63, 3.8) is 0 Å². The number of rotatable bonds is 85. The Morgan fingerprint density at radius 2 is 0.449 bits per heavy atom. The molecule has 0 aromatic heterocycles. The number of hydrogen-bond donors (Lipinski definition) is 3. The summed E-state index contributed by atoms with van der Waals surface area (Å²) in [5.41, 5.74) is 0. The number of esters is 4. The number of aliphatic hydroxyl groups excluding tert-OH is 1. The maximum atomic E-state index is 13.2. The first-order chi connectivity index (χ1) is 51.6. The van der Waals surface area contributed by atoms with Crippen LogP contribution in [0.5, 0.6) is 0 Å². The molecule has 0 aromatic rings. The fourth-order valence-electron chi connectivity index (χ4n) is 13.6. The molecule has 0 radical (unpaired) electrons. The molecule has 3 unspecified atom stereocenters. The predicted molar refractivity (Wildman–Crippen MR) is 441 cm³/mol. The van der Waals surface area contributed by atoms with Crippen molar-refractivity contribution in [3.05, 3.63) is 0 Å². The van der Waals surface area contributed by atoms with E-state index in [1.54, 1.807) is 0 Å². The molecule has 0 saturated heterocycles. The van der Waals surface area contributed by atoms with Crippen molar-refractivity contribution >= 4 is 39.5 Å². The fraction of sp³-hybridized carbons (Fsp3) is 0.955. The molecule has 0 saturated carbocycles. The van der Waals surface area contributed by atoms with Gasteiger partial charge in [-0.25, -0.2) is 9.13 Å². The van der Waals surface area contributed by atoms with Gasteiger partial charge in [0.05, 0.1) is 26.4 Å². The lowest BCUT2D eigenvalue weighted by Crippen LogP contribution is -2.30. The van der Waals surface area contributed by atoms with Gasteiger partial charge in [-0.15, -0.1) is 0 Å². The Bertz CT molecular complexity index is 2080. The Kier molecular flexibility index (Phi) is 75.3. The van der Waals surface area contributed by atoms with Gasteiger partial charge in [0.2, 0.25) is 0 Å². The first kappa shape index (κ1) is 105. The highest BCUT2D eigenvalue weighted by Crippen LogP contribution is 2.45. The van der Waals surface area contributed by atoms with E-state index in [4.69, 9.17) is 37.0 Å². The number of unbranched alkanes of at least 4 members (excludes halogenated alkanes) is 50. The summed E-state index contributed by atoms with van der Waals surface area (Å²) in [7, 11) is -9.93. The maximum Gasteiger partial charge on any atom is 0.472 e. The number of phosphoric acid groups is 2. The smallest absolute Gasteiger partial charge is 0.462 e. The highest BCUT2D eigenvalue weighted by Gasteiger charge is 2.31. The molecule has 0 aliphatic rings. The first-order valence-electron chi connectivity index (χ1n) is 45.2. The summed E-state index contributed by atoms with van der Waals surface area (Å²) in [5, 5.41) is 10.7. The van der Waals surface area contributed by atoms with Gasteiger partial charge in [-0.1, -0.05) is 409 Å². The summed E-state index contributed by atoms with van der Waals surface area (Å²) in [6.07, 6.45) is 66.6. The number of carbonyl (C=O) groups excluding carboxylic acids is 4. The summed E-state index contributed by atoms with van der Waals surface area (Å²) in [5.74, 6) is 1.09. The molecule has 107 heavy (non-hydrogen) atoms. The molecule has 0 aliphatic heterocycles. The third kappa shape index (κ3) is 80.5. The van der Waals surface area contributed by atoms with Crippen molar-refractivity contribution in [2.75, 3.05) is 39.6 Å². The normalized spacial score (nSPS) is 14.1. The molecule has 0 spiro atoms.